The molecule has 104 valence electrons. The first kappa shape index (κ1) is 16.0. The summed E-state index contributed by atoms with van der Waals surface area (Å²) in [7, 11) is 0. The van der Waals surface area contributed by atoms with Crippen molar-refractivity contribution in [2.45, 2.75) is 13.8 Å². The van der Waals surface area contributed by atoms with E-state index in [4.69, 9.17) is 4.74 Å². The Balaban J connectivity index is 2.37. The summed E-state index contributed by atoms with van der Waals surface area (Å²) in [5.74, 6) is -0.0224. The maximum absolute atomic E-state index is 11.7. The summed E-state index contributed by atoms with van der Waals surface area (Å²) in [6.07, 6.45) is 0. The largest absolute Gasteiger partial charge is 0.465 e. The molecular weight excluding hydrogens is 330 g/mol. The summed E-state index contributed by atoms with van der Waals surface area (Å²) in [6, 6.07) is 5.70. The lowest BCUT2D eigenvalue weighted by Crippen LogP contribution is -2.16. The Morgan fingerprint density at radius 3 is 2.74 bits per heavy atom. The first-order valence-corrected chi connectivity index (χ1v) is 7.77. The third-order valence-electron chi connectivity index (χ3n) is 2.16. The van der Waals surface area contributed by atoms with E-state index < -0.39 is 0 Å². The highest BCUT2D eigenvalue weighted by atomic mass is 79.9. The van der Waals surface area contributed by atoms with Gasteiger partial charge in [0.05, 0.1) is 23.8 Å². The zero-order chi connectivity index (χ0) is 14.3. The van der Waals surface area contributed by atoms with Crippen LogP contribution in [0.3, 0.4) is 0 Å². The van der Waals surface area contributed by atoms with Gasteiger partial charge in [0.1, 0.15) is 0 Å². The van der Waals surface area contributed by atoms with Crippen molar-refractivity contribution in [1.29, 1.82) is 0 Å². The fourth-order valence-corrected chi connectivity index (χ4v) is 2.54. The van der Waals surface area contributed by atoms with Gasteiger partial charge in [0.15, 0.2) is 0 Å². The van der Waals surface area contributed by atoms with Crippen molar-refractivity contribution in [1.82, 2.24) is 0 Å². The minimum absolute atomic E-state index is 0.140. The van der Waals surface area contributed by atoms with E-state index in [2.05, 4.69) is 21.2 Å². The second-order valence-electron chi connectivity index (χ2n) is 3.83. The van der Waals surface area contributed by atoms with Crippen molar-refractivity contribution in [3.8, 4) is 0 Å². The number of nitrogens with one attached hydrogen (secondary N) is 1. The predicted molar refractivity (Wildman–Crippen MR) is 81.5 cm³/mol. The molecule has 1 aromatic rings. The Morgan fingerprint density at radius 1 is 1.37 bits per heavy atom. The van der Waals surface area contributed by atoms with Gasteiger partial charge >= 0.3 is 5.97 Å². The van der Waals surface area contributed by atoms with Crippen LogP contribution in [0.4, 0.5) is 5.69 Å². The molecule has 0 radical (unpaired) electrons. The van der Waals surface area contributed by atoms with Gasteiger partial charge in [-0.15, -0.1) is 11.8 Å². The highest BCUT2D eigenvalue weighted by molar-refractivity contribution is 9.10. The van der Waals surface area contributed by atoms with E-state index in [0.29, 0.717) is 6.61 Å². The van der Waals surface area contributed by atoms with Crippen LogP contribution in [0.1, 0.15) is 12.5 Å². The number of aryl methyl sites for hydroxylation is 1. The summed E-state index contributed by atoms with van der Waals surface area (Å²) in [4.78, 5) is 22.8. The molecule has 1 N–H and O–H groups in total. The first-order valence-electron chi connectivity index (χ1n) is 5.82. The summed E-state index contributed by atoms with van der Waals surface area (Å²) >= 11 is 4.63. The highest BCUT2D eigenvalue weighted by Gasteiger charge is 2.08. The van der Waals surface area contributed by atoms with E-state index in [-0.39, 0.29) is 23.4 Å². The number of anilines is 1. The summed E-state index contributed by atoms with van der Waals surface area (Å²) in [6.45, 7) is 4.09. The number of benzene rings is 1. The van der Waals surface area contributed by atoms with E-state index in [0.717, 1.165) is 15.7 Å². The van der Waals surface area contributed by atoms with Crippen molar-refractivity contribution in [3.63, 3.8) is 0 Å². The number of esters is 1. The van der Waals surface area contributed by atoms with E-state index in [1.165, 1.54) is 11.8 Å². The Morgan fingerprint density at radius 2 is 2.11 bits per heavy atom. The lowest BCUT2D eigenvalue weighted by molar-refractivity contribution is -0.139. The molecule has 0 heterocycles. The Labute approximate surface area is 125 Å². The van der Waals surface area contributed by atoms with Crippen LogP contribution in [-0.4, -0.2) is 30.0 Å². The molecular formula is C13H16BrNO3S. The Hall–Kier alpha value is -1.01. The normalized spacial score (nSPS) is 10.1. The molecule has 19 heavy (non-hydrogen) atoms. The molecule has 0 aliphatic rings. The van der Waals surface area contributed by atoms with Crippen LogP contribution in [0.25, 0.3) is 0 Å². The van der Waals surface area contributed by atoms with Gasteiger partial charge in [-0.25, -0.2) is 0 Å². The molecule has 0 fully saturated rings. The number of hydrogen-bond acceptors (Lipinski definition) is 4. The molecule has 0 saturated heterocycles. The minimum atomic E-state index is -0.295. The number of halogens is 1. The third kappa shape index (κ3) is 6.11. The minimum Gasteiger partial charge on any atom is -0.465 e. The van der Waals surface area contributed by atoms with Gasteiger partial charge in [-0.05, 0) is 47.5 Å². The fraction of sp³-hybridized carbons (Fsp3) is 0.385. The molecule has 0 aliphatic carbocycles. The molecule has 1 amide bonds. The topological polar surface area (TPSA) is 55.4 Å². The van der Waals surface area contributed by atoms with Crippen molar-refractivity contribution >= 4 is 45.3 Å². The molecule has 1 rings (SSSR count). The standard InChI is InChI=1S/C13H16BrNO3S/c1-3-18-13(17)8-19-7-12(16)15-11-5-4-9(2)6-10(11)14/h4-6H,3,7-8H2,1-2H3,(H,15,16). The van der Waals surface area contributed by atoms with Gasteiger partial charge in [0.25, 0.3) is 0 Å². The highest BCUT2D eigenvalue weighted by Crippen LogP contribution is 2.23. The number of ether oxygens (including phenoxy) is 1. The van der Waals surface area contributed by atoms with E-state index in [1.807, 2.05) is 25.1 Å². The van der Waals surface area contributed by atoms with Crippen LogP contribution >= 0.6 is 27.7 Å². The quantitative estimate of drug-likeness (QED) is 0.805. The zero-order valence-electron chi connectivity index (χ0n) is 10.9. The number of hydrogen-bond donors (Lipinski definition) is 1. The van der Waals surface area contributed by atoms with Crippen LogP contribution in [0, 0.1) is 6.92 Å². The average molecular weight is 346 g/mol. The lowest BCUT2D eigenvalue weighted by atomic mass is 10.2. The lowest BCUT2D eigenvalue weighted by Gasteiger charge is -2.08. The molecule has 0 spiro atoms. The van der Waals surface area contributed by atoms with Gasteiger partial charge in [-0.1, -0.05) is 6.07 Å². The van der Waals surface area contributed by atoms with Crippen molar-refractivity contribution in [3.05, 3.63) is 28.2 Å². The van der Waals surface area contributed by atoms with Gasteiger partial charge in [0, 0.05) is 4.47 Å². The van der Waals surface area contributed by atoms with Gasteiger partial charge in [0.2, 0.25) is 5.91 Å². The van der Waals surface area contributed by atoms with Gasteiger partial charge < -0.3 is 10.1 Å². The van der Waals surface area contributed by atoms with Crippen LogP contribution in [0.2, 0.25) is 0 Å². The smallest absolute Gasteiger partial charge is 0.315 e. The summed E-state index contributed by atoms with van der Waals surface area (Å²) in [5, 5.41) is 2.78. The van der Waals surface area contributed by atoms with Gasteiger partial charge in [-0.3, -0.25) is 9.59 Å². The van der Waals surface area contributed by atoms with Crippen molar-refractivity contribution in [2.75, 3.05) is 23.4 Å². The SMILES string of the molecule is CCOC(=O)CSCC(=O)Nc1ccc(C)cc1Br. The van der Waals surface area contributed by atoms with Crippen molar-refractivity contribution in [2.24, 2.45) is 0 Å². The molecule has 4 nitrogen and oxygen atoms in total. The number of carbonyl (C=O) groups is 2. The van der Waals surface area contributed by atoms with E-state index in [9.17, 15) is 9.59 Å². The third-order valence-corrected chi connectivity index (χ3v) is 3.72. The van der Waals surface area contributed by atoms with E-state index >= 15 is 0 Å². The average Bonchev–Trinajstić information content (AvgIpc) is 2.33. The zero-order valence-corrected chi connectivity index (χ0v) is 13.3. The maximum atomic E-state index is 11.7. The van der Waals surface area contributed by atoms with Crippen LogP contribution in [-0.2, 0) is 14.3 Å². The van der Waals surface area contributed by atoms with Crippen molar-refractivity contribution < 1.29 is 14.3 Å². The summed E-state index contributed by atoms with van der Waals surface area (Å²) < 4.78 is 5.62. The molecule has 0 atom stereocenters. The molecule has 0 bridgehead atoms. The molecule has 0 aromatic heterocycles. The Kier molecular flexibility index (Phi) is 6.94. The van der Waals surface area contributed by atoms with Crippen LogP contribution in [0.5, 0.6) is 0 Å². The molecule has 0 aliphatic heterocycles. The number of thioether (sulfide) groups is 1. The molecule has 1 aromatic carbocycles. The maximum Gasteiger partial charge on any atom is 0.315 e. The van der Waals surface area contributed by atoms with E-state index in [1.54, 1.807) is 6.92 Å². The van der Waals surface area contributed by atoms with Crippen LogP contribution < -0.4 is 5.32 Å². The Bertz CT molecular complexity index is 465. The molecule has 0 unspecified atom stereocenters. The number of rotatable bonds is 6. The van der Waals surface area contributed by atoms with Gasteiger partial charge in [-0.2, -0.15) is 0 Å². The summed E-state index contributed by atoms with van der Waals surface area (Å²) in [5.41, 5.74) is 1.84. The number of amides is 1. The fourth-order valence-electron chi connectivity index (χ4n) is 1.34. The molecule has 6 heteroatoms. The predicted octanol–water partition coefficient (Wildman–Crippen LogP) is 2.99. The second kappa shape index (κ2) is 8.22. The second-order valence-corrected chi connectivity index (χ2v) is 5.67. The first-order chi connectivity index (χ1) is 9.02. The van der Waals surface area contributed by atoms with Crippen LogP contribution in [0.15, 0.2) is 22.7 Å². The monoisotopic (exact) mass is 345 g/mol. The number of carbonyl (C=O) groups excluding carboxylic acids is 2. The molecule has 0 saturated carbocycles.